The number of quaternary nitrogens is 1. The van der Waals surface area contributed by atoms with Gasteiger partial charge in [0.25, 0.3) is 0 Å². The van der Waals surface area contributed by atoms with Crippen LogP contribution in [0.2, 0.25) is 0 Å². The summed E-state index contributed by atoms with van der Waals surface area (Å²) < 4.78 is 6.11. The molecule has 0 radical (unpaired) electrons. The molecule has 1 aliphatic heterocycles. The fraction of sp³-hybridized carbons (Fsp3) is 0.900. The zero-order chi connectivity index (χ0) is 9.90. The Kier molecular flexibility index (Phi) is 3.31. The normalized spacial score (nSPS) is 23.6. The number of carbonyl (C=O) groups excluding carboxylic acids is 1. The van der Waals surface area contributed by atoms with Crippen LogP contribution in [0.4, 0.5) is 0 Å². The first-order chi connectivity index (χ1) is 6.04. The molecule has 1 heterocycles. The standard InChI is InChI=1S/C10H20NO2/c1-9(13-10(2)12)11(3)7-5-4-6-8-11/h9H,4-8H2,1-3H3/q+1. The summed E-state index contributed by atoms with van der Waals surface area (Å²) in [5.41, 5.74) is 0. The van der Waals surface area contributed by atoms with Crippen LogP contribution in [0, 0.1) is 0 Å². The fourth-order valence-electron chi connectivity index (χ4n) is 1.97. The third-order valence-electron chi connectivity index (χ3n) is 3.05. The number of likely N-dealkylation sites (tertiary alicyclic amines) is 1. The molecule has 0 aromatic carbocycles. The van der Waals surface area contributed by atoms with E-state index in [1.54, 1.807) is 0 Å². The van der Waals surface area contributed by atoms with Gasteiger partial charge >= 0.3 is 5.97 Å². The van der Waals surface area contributed by atoms with E-state index >= 15 is 0 Å². The lowest BCUT2D eigenvalue weighted by molar-refractivity contribution is -0.954. The highest BCUT2D eigenvalue weighted by Gasteiger charge is 2.32. The molecule has 13 heavy (non-hydrogen) atoms. The van der Waals surface area contributed by atoms with Crippen LogP contribution in [-0.2, 0) is 9.53 Å². The number of esters is 1. The van der Waals surface area contributed by atoms with Gasteiger partial charge in [0.2, 0.25) is 6.23 Å². The van der Waals surface area contributed by atoms with Crippen molar-refractivity contribution in [3.8, 4) is 0 Å². The lowest BCUT2D eigenvalue weighted by Crippen LogP contribution is -2.55. The van der Waals surface area contributed by atoms with Crippen LogP contribution in [0.1, 0.15) is 33.1 Å². The van der Waals surface area contributed by atoms with Gasteiger partial charge in [0, 0.05) is 13.8 Å². The summed E-state index contributed by atoms with van der Waals surface area (Å²) in [7, 11) is 2.17. The Bertz CT molecular complexity index is 185. The number of carbonyl (C=O) groups is 1. The van der Waals surface area contributed by atoms with Crippen molar-refractivity contribution in [2.75, 3.05) is 20.1 Å². The number of hydrogen-bond donors (Lipinski definition) is 0. The van der Waals surface area contributed by atoms with E-state index in [-0.39, 0.29) is 12.2 Å². The highest BCUT2D eigenvalue weighted by Crippen LogP contribution is 2.20. The van der Waals surface area contributed by atoms with Gasteiger partial charge in [-0.25, -0.2) is 0 Å². The smallest absolute Gasteiger partial charge is 0.307 e. The second kappa shape index (κ2) is 4.09. The summed E-state index contributed by atoms with van der Waals surface area (Å²) >= 11 is 0. The van der Waals surface area contributed by atoms with Gasteiger partial charge in [0.15, 0.2) is 0 Å². The van der Waals surface area contributed by atoms with Crippen molar-refractivity contribution >= 4 is 5.97 Å². The van der Waals surface area contributed by atoms with E-state index in [0.29, 0.717) is 0 Å². The van der Waals surface area contributed by atoms with E-state index in [4.69, 9.17) is 4.74 Å². The molecule has 1 saturated heterocycles. The highest BCUT2D eigenvalue weighted by atomic mass is 16.6. The molecule has 1 atom stereocenters. The van der Waals surface area contributed by atoms with Gasteiger partial charge in [0.1, 0.15) is 0 Å². The second-order valence-corrected chi connectivity index (χ2v) is 4.20. The van der Waals surface area contributed by atoms with Crippen LogP contribution in [-0.4, -0.2) is 36.8 Å². The molecule has 0 aromatic rings. The van der Waals surface area contributed by atoms with Crippen LogP contribution >= 0.6 is 0 Å². The van der Waals surface area contributed by atoms with Gasteiger partial charge in [0.05, 0.1) is 20.1 Å². The molecular weight excluding hydrogens is 166 g/mol. The van der Waals surface area contributed by atoms with Crippen molar-refractivity contribution in [3.63, 3.8) is 0 Å². The van der Waals surface area contributed by atoms with Crippen molar-refractivity contribution in [1.82, 2.24) is 0 Å². The molecule has 1 rings (SSSR count). The minimum absolute atomic E-state index is 0.0119. The van der Waals surface area contributed by atoms with Crippen LogP contribution in [0.15, 0.2) is 0 Å². The predicted molar refractivity (Wildman–Crippen MR) is 51.0 cm³/mol. The third kappa shape index (κ3) is 2.69. The Hall–Kier alpha value is -0.570. The van der Waals surface area contributed by atoms with E-state index in [2.05, 4.69) is 7.05 Å². The first kappa shape index (κ1) is 10.5. The topological polar surface area (TPSA) is 26.3 Å². The van der Waals surface area contributed by atoms with Gasteiger partial charge < -0.3 is 4.74 Å². The summed E-state index contributed by atoms with van der Waals surface area (Å²) in [6, 6.07) is 0. The average Bonchev–Trinajstić information content (AvgIpc) is 2.04. The van der Waals surface area contributed by atoms with E-state index in [0.717, 1.165) is 17.6 Å². The molecule has 0 spiro atoms. The van der Waals surface area contributed by atoms with Gasteiger partial charge in [-0.15, -0.1) is 0 Å². The number of nitrogens with zero attached hydrogens (tertiary/aromatic N) is 1. The zero-order valence-corrected chi connectivity index (χ0v) is 8.88. The van der Waals surface area contributed by atoms with Crippen molar-refractivity contribution in [2.45, 2.75) is 39.3 Å². The summed E-state index contributed by atoms with van der Waals surface area (Å²) in [6.07, 6.45) is 3.84. The van der Waals surface area contributed by atoms with Gasteiger partial charge in [-0.1, -0.05) is 0 Å². The number of hydrogen-bond acceptors (Lipinski definition) is 2. The van der Waals surface area contributed by atoms with Crippen LogP contribution in [0.25, 0.3) is 0 Å². The van der Waals surface area contributed by atoms with Crippen molar-refractivity contribution in [2.24, 2.45) is 0 Å². The SMILES string of the molecule is CC(=O)OC(C)[N+]1(C)CCCCC1. The van der Waals surface area contributed by atoms with Crippen molar-refractivity contribution < 1.29 is 14.0 Å². The van der Waals surface area contributed by atoms with Gasteiger partial charge in [-0.2, -0.15) is 0 Å². The van der Waals surface area contributed by atoms with Crippen LogP contribution in [0.5, 0.6) is 0 Å². The van der Waals surface area contributed by atoms with Crippen LogP contribution in [0.3, 0.4) is 0 Å². The molecule has 0 N–H and O–H groups in total. The molecule has 0 saturated carbocycles. The first-order valence-corrected chi connectivity index (χ1v) is 5.06. The second-order valence-electron chi connectivity index (χ2n) is 4.20. The van der Waals surface area contributed by atoms with Crippen molar-refractivity contribution in [3.05, 3.63) is 0 Å². The van der Waals surface area contributed by atoms with E-state index in [1.807, 2.05) is 6.92 Å². The van der Waals surface area contributed by atoms with Crippen LogP contribution < -0.4 is 0 Å². The molecule has 3 nitrogen and oxygen atoms in total. The molecule has 0 aromatic heterocycles. The molecule has 0 aliphatic carbocycles. The number of piperidine rings is 1. The van der Waals surface area contributed by atoms with E-state index in [9.17, 15) is 4.79 Å². The highest BCUT2D eigenvalue weighted by molar-refractivity contribution is 5.65. The molecule has 1 unspecified atom stereocenters. The molecular formula is C10H20NO2+. The number of rotatable bonds is 2. The maximum absolute atomic E-state index is 10.8. The molecule has 0 bridgehead atoms. The minimum atomic E-state index is -0.169. The molecule has 0 amide bonds. The lowest BCUT2D eigenvalue weighted by atomic mass is 10.1. The average molecular weight is 186 g/mol. The molecule has 1 fully saturated rings. The molecule has 1 aliphatic rings. The van der Waals surface area contributed by atoms with Crippen molar-refractivity contribution in [1.29, 1.82) is 0 Å². The molecule has 76 valence electrons. The Balaban J connectivity index is 2.51. The minimum Gasteiger partial charge on any atom is -0.413 e. The fourth-order valence-corrected chi connectivity index (χ4v) is 1.97. The third-order valence-corrected chi connectivity index (χ3v) is 3.05. The summed E-state index contributed by atoms with van der Waals surface area (Å²) in [6.45, 7) is 5.74. The predicted octanol–water partition coefficient (Wildman–Crippen LogP) is 1.53. The Morgan fingerprint density at radius 3 is 2.31 bits per heavy atom. The van der Waals surface area contributed by atoms with Gasteiger partial charge in [-0.3, -0.25) is 9.28 Å². The summed E-state index contributed by atoms with van der Waals surface area (Å²) in [5, 5.41) is 0. The van der Waals surface area contributed by atoms with E-state index in [1.165, 1.54) is 26.2 Å². The Morgan fingerprint density at radius 2 is 1.85 bits per heavy atom. The summed E-state index contributed by atoms with van der Waals surface area (Å²) in [4.78, 5) is 10.8. The lowest BCUT2D eigenvalue weighted by Gasteiger charge is -2.41. The zero-order valence-electron chi connectivity index (χ0n) is 8.88. The monoisotopic (exact) mass is 186 g/mol. The largest absolute Gasteiger partial charge is 0.413 e. The first-order valence-electron chi connectivity index (χ1n) is 5.06. The number of ether oxygens (including phenoxy) is 1. The quantitative estimate of drug-likeness (QED) is 0.483. The van der Waals surface area contributed by atoms with E-state index < -0.39 is 0 Å². The van der Waals surface area contributed by atoms with Gasteiger partial charge in [-0.05, 0) is 19.3 Å². The summed E-state index contributed by atoms with van der Waals surface area (Å²) in [5.74, 6) is -0.169. The maximum Gasteiger partial charge on any atom is 0.307 e. The Labute approximate surface area is 80.3 Å². The molecule has 3 heteroatoms. The Morgan fingerprint density at radius 1 is 1.31 bits per heavy atom. The maximum atomic E-state index is 10.8.